The van der Waals surface area contributed by atoms with Gasteiger partial charge >= 0.3 is 12.1 Å². The number of carbonyl (C=O) groups is 1. The van der Waals surface area contributed by atoms with E-state index < -0.39 is 12.1 Å². The van der Waals surface area contributed by atoms with Crippen LogP contribution in [-0.4, -0.2) is 17.3 Å². The lowest BCUT2D eigenvalue weighted by Gasteiger charge is -2.09. The molecule has 0 radical (unpaired) electrons. The highest BCUT2D eigenvalue weighted by Gasteiger charge is 2.38. The summed E-state index contributed by atoms with van der Waals surface area (Å²) in [7, 11) is 0. The zero-order valence-electron chi connectivity index (χ0n) is 10.4. The zero-order valence-corrected chi connectivity index (χ0v) is 10.4. The highest BCUT2D eigenvalue weighted by molar-refractivity contribution is 5.73. The average Bonchev–Trinajstić information content (AvgIpc) is 2.15. The van der Waals surface area contributed by atoms with Crippen molar-refractivity contribution in [2.45, 2.75) is 33.0 Å². The molecule has 0 amide bonds. The molecule has 0 aliphatic carbocycles. The Bertz CT molecular complexity index is 414. The van der Waals surface area contributed by atoms with Crippen molar-refractivity contribution in [1.82, 2.24) is 0 Å². The van der Waals surface area contributed by atoms with Gasteiger partial charge in [-0.3, -0.25) is 0 Å². The van der Waals surface area contributed by atoms with E-state index in [9.17, 15) is 13.2 Å². The van der Waals surface area contributed by atoms with E-state index in [2.05, 4.69) is 32.0 Å². The number of rotatable bonds is 1. The van der Waals surface area contributed by atoms with Gasteiger partial charge in [0.2, 0.25) is 0 Å². The Labute approximate surface area is 103 Å². The molecule has 1 aromatic rings. The van der Waals surface area contributed by atoms with Crippen molar-refractivity contribution >= 4 is 5.97 Å². The number of benzene rings is 1. The highest BCUT2D eigenvalue weighted by atomic mass is 19.4. The minimum atomic E-state index is -5.08. The number of carboxylic acid groups (broad SMARTS) is 1. The monoisotopic (exact) mass is 263 g/mol. The van der Waals surface area contributed by atoms with E-state index in [1.54, 1.807) is 0 Å². The summed E-state index contributed by atoms with van der Waals surface area (Å²) < 4.78 is 31.7. The third-order valence-corrected chi connectivity index (χ3v) is 2.16. The molecule has 0 bridgehead atoms. The van der Waals surface area contributed by atoms with Gasteiger partial charge in [0.05, 0.1) is 0 Å². The largest absolute Gasteiger partial charge is 0.490 e. The summed E-state index contributed by atoms with van der Waals surface area (Å²) >= 11 is 0. The normalized spacial score (nSPS) is 12.4. The molecule has 102 valence electrons. The van der Waals surface area contributed by atoms with Gasteiger partial charge in [0, 0.05) is 6.04 Å². The molecule has 6 heteroatoms. The second-order valence-corrected chi connectivity index (χ2v) is 3.95. The maximum atomic E-state index is 10.6. The van der Waals surface area contributed by atoms with Crippen molar-refractivity contribution in [3.05, 3.63) is 34.9 Å². The van der Waals surface area contributed by atoms with Crippen molar-refractivity contribution < 1.29 is 23.1 Å². The fourth-order valence-electron chi connectivity index (χ4n) is 1.34. The molecular formula is C12H16F3NO2. The maximum Gasteiger partial charge on any atom is 0.490 e. The predicted octanol–water partition coefficient (Wildman–Crippen LogP) is 2.96. The van der Waals surface area contributed by atoms with Crippen LogP contribution in [0.4, 0.5) is 13.2 Å². The van der Waals surface area contributed by atoms with Crippen molar-refractivity contribution in [3.8, 4) is 0 Å². The van der Waals surface area contributed by atoms with Crippen LogP contribution in [0.25, 0.3) is 0 Å². The summed E-state index contributed by atoms with van der Waals surface area (Å²) in [6, 6.07) is 6.52. The van der Waals surface area contributed by atoms with Crippen molar-refractivity contribution in [2.24, 2.45) is 5.73 Å². The SMILES string of the molecule is Cc1ccc(C(C)N)c(C)c1.O=C(O)C(F)(F)F. The number of aliphatic carboxylic acids is 1. The molecule has 0 fully saturated rings. The number of aryl methyl sites for hydroxylation is 2. The van der Waals surface area contributed by atoms with Gasteiger partial charge in [0.25, 0.3) is 0 Å². The topological polar surface area (TPSA) is 63.3 Å². The van der Waals surface area contributed by atoms with Gasteiger partial charge in [-0.2, -0.15) is 13.2 Å². The second-order valence-electron chi connectivity index (χ2n) is 3.95. The van der Waals surface area contributed by atoms with E-state index in [4.69, 9.17) is 15.6 Å². The fourth-order valence-corrected chi connectivity index (χ4v) is 1.34. The first-order chi connectivity index (χ1) is 8.05. The number of nitrogens with two attached hydrogens (primary N) is 1. The van der Waals surface area contributed by atoms with Gasteiger partial charge in [-0.15, -0.1) is 0 Å². The van der Waals surface area contributed by atoms with E-state index in [-0.39, 0.29) is 6.04 Å². The van der Waals surface area contributed by atoms with Crippen LogP contribution in [0.1, 0.15) is 29.7 Å². The summed E-state index contributed by atoms with van der Waals surface area (Å²) in [5.41, 5.74) is 9.60. The summed E-state index contributed by atoms with van der Waals surface area (Å²) in [5, 5.41) is 7.12. The Kier molecular flexibility index (Phi) is 5.84. The van der Waals surface area contributed by atoms with Crippen LogP contribution in [0.3, 0.4) is 0 Å². The molecule has 0 heterocycles. The number of hydrogen-bond acceptors (Lipinski definition) is 2. The average molecular weight is 263 g/mol. The van der Waals surface area contributed by atoms with Crippen LogP contribution in [0.5, 0.6) is 0 Å². The second kappa shape index (κ2) is 6.39. The smallest absolute Gasteiger partial charge is 0.475 e. The first-order valence-corrected chi connectivity index (χ1v) is 5.18. The molecule has 3 nitrogen and oxygen atoms in total. The molecular weight excluding hydrogens is 247 g/mol. The Morgan fingerprint density at radius 1 is 1.33 bits per heavy atom. The molecule has 1 rings (SSSR count). The first kappa shape index (κ1) is 16.4. The van der Waals surface area contributed by atoms with Gasteiger partial charge in [0.1, 0.15) is 0 Å². The van der Waals surface area contributed by atoms with Crippen LogP contribution < -0.4 is 5.73 Å². The lowest BCUT2D eigenvalue weighted by Crippen LogP contribution is -2.21. The van der Waals surface area contributed by atoms with Crippen molar-refractivity contribution in [1.29, 1.82) is 0 Å². The molecule has 0 saturated carbocycles. The number of hydrogen-bond donors (Lipinski definition) is 2. The minimum Gasteiger partial charge on any atom is -0.475 e. The molecule has 18 heavy (non-hydrogen) atoms. The predicted molar refractivity (Wildman–Crippen MR) is 62.2 cm³/mol. The van der Waals surface area contributed by atoms with Gasteiger partial charge in [0.15, 0.2) is 0 Å². The van der Waals surface area contributed by atoms with Crippen LogP contribution >= 0.6 is 0 Å². The standard InChI is InChI=1S/C10H15N.C2HF3O2/c1-7-4-5-10(9(3)11)8(2)6-7;3-2(4,5)1(6)7/h4-6,9H,11H2,1-3H3;(H,6,7). The van der Waals surface area contributed by atoms with Gasteiger partial charge in [-0.1, -0.05) is 23.8 Å². The van der Waals surface area contributed by atoms with Gasteiger partial charge < -0.3 is 10.8 Å². The third-order valence-electron chi connectivity index (χ3n) is 2.16. The van der Waals surface area contributed by atoms with Crippen molar-refractivity contribution in [3.63, 3.8) is 0 Å². The van der Waals surface area contributed by atoms with E-state index >= 15 is 0 Å². The number of carboxylic acids is 1. The van der Waals surface area contributed by atoms with Crippen molar-refractivity contribution in [2.75, 3.05) is 0 Å². The lowest BCUT2D eigenvalue weighted by molar-refractivity contribution is -0.192. The molecule has 0 aromatic heterocycles. The number of alkyl halides is 3. The Morgan fingerprint density at radius 3 is 2.06 bits per heavy atom. The molecule has 1 atom stereocenters. The summed E-state index contributed by atoms with van der Waals surface area (Å²) in [6.07, 6.45) is -5.08. The minimum absolute atomic E-state index is 0.149. The molecule has 0 aliphatic heterocycles. The molecule has 3 N–H and O–H groups in total. The van der Waals surface area contributed by atoms with Gasteiger partial charge in [-0.25, -0.2) is 4.79 Å². The highest BCUT2D eigenvalue weighted by Crippen LogP contribution is 2.16. The Hall–Kier alpha value is -1.56. The van der Waals surface area contributed by atoms with Gasteiger partial charge in [-0.05, 0) is 31.9 Å². The fraction of sp³-hybridized carbons (Fsp3) is 0.417. The van der Waals surface area contributed by atoms with E-state index in [0.717, 1.165) is 0 Å². The zero-order chi connectivity index (χ0) is 14.5. The first-order valence-electron chi connectivity index (χ1n) is 5.18. The molecule has 0 aliphatic rings. The molecule has 1 unspecified atom stereocenters. The molecule has 1 aromatic carbocycles. The maximum absolute atomic E-state index is 10.6. The summed E-state index contributed by atoms with van der Waals surface area (Å²) in [6.45, 7) is 6.21. The van der Waals surface area contributed by atoms with Crippen LogP contribution in [0.15, 0.2) is 18.2 Å². The molecule has 0 saturated heterocycles. The Morgan fingerprint density at radius 2 is 1.78 bits per heavy atom. The van der Waals surface area contributed by atoms with Crippen LogP contribution in [-0.2, 0) is 4.79 Å². The third kappa shape index (κ3) is 5.67. The molecule has 0 spiro atoms. The summed E-state index contributed by atoms with van der Waals surface area (Å²) in [5.74, 6) is -2.76. The number of halogens is 3. The summed E-state index contributed by atoms with van der Waals surface area (Å²) in [4.78, 5) is 8.90. The van der Waals surface area contributed by atoms with E-state index in [1.165, 1.54) is 16.7 Å². The van der Waals surface area contributed by atoms with Crippen LogP contribution in [0.2, 0.25) is 0 Å². The van der Waals surface area contributed by atoms with E-state index in [0.29, 0.717) is 0 Å². The van der Waals surface area contributed by atoms with E-state index in [1.807, 2.05) is 6.92 Å². The lowest BCUT2D eigenvalue weighted by atomic mass is 10.0. The quantitative estimate of drug-likeness (QED) is 0.818. The Balaban J connectivity index is 0.000000360. The van der Waals surface area contributed by atoms with Crippen LogP contribution in [0, 0.1) is 13.8 Å².